The van der Waals surface area contributed by atoms with Crippen LogP contribution in [0, 0.1) is 0 Å². The summed E-state index contributed by atoms with van der Waals surface area (Å²) in [5, 5.41) is 11.3. The lowest BCUT2D eigenvalue weighted by atomic mass is 9.84. The van der Waals surface area contributed by atoms with Gasteiger partial charge in [-0.2, -0.15) is 0 Å². The summed E-state index contributed by atoms with van der Waals surface area (Å²) in [6, 6.07) is 16.4. The number of carboxylic acids is 1. The van der Waals surface area contributed by atoms with Crippen molar-refractivity contribution in [1.82, 2.24) is 5.32 Å². The highest BCUT2D eigenvalue weighted by Gasteiger charge is 2.15. The van der Waals surface area contributed by atoms with Crippen LogP contribution in [0.3, 0.4) is 0 Å². The molecule has 0 saturated heterocycles. The van der Waals surface area contributed by atoms with Crippen molar-refractivity contribution in [3.05, 3.63) is 65.2 Å². The minimum Gasteiger partial charge on any atom is -0.481 e. The number of hydrogen-bond donors (Lipinski definition) is 2. The number of benzene rings is 2. The molecule has 1 saturated carbocycles. The molecule has 0 spiro atoms. The summed E-state index contributed by atoms with van der Waals surface area (Å²) in [4.78, 5) is 24.8. The van der Waals surface area contributed by atoms with Crippen molar-refractivity contribution in [3.8, 4) is 0 Å². The van der Waals surface area contributed by atoms with Crippen LogP contribution in [-0.2, 0) is 11.3 Å². The molecule has 1 amide bonds. The fourth-order valence-electron chi connectivity index (χ4n) is 3.95. The summed E-state index contributed by atoms with van der Waals surface area (Å²) >= 11 is 0. The summed E-state index contributed by atoms with van der Waals surface area (Å²) in [6.45, 7) is 0.888. The molecule has 5 heteroatoms. The summed E-state index contributed by atoms with van der Waals surface area (Å²) < 4.78 is 0. The van der Waals surface area contributed by atoms with Gasteiger partial charge in [0, 0.05) is 31.4 Å². The number of rotatable bonds is 8. The molecule has 154 valence electrons. The van der Waals surface area contributed by atoms with E-state index in [1.807, 2.05) is 12.1 Å². The van der Waals surface area contributed by atoms with E-state index in [-0.39, 0.29) is 18.9 Å². The molecule has 0 heterocycles. The Balaban J connectivity index is 1.54. The second kappa shape index (κ2) is 10.1. The number of carboxylic acid groups (broad SMARTS) is 1. The first kappa shape index (κ1) is 20.9. The zero-order valence-corrected chi connectivity index (χ0v) is 17.1. The van der Waals surface area contributed by atoms with Crippen molar-refractivity contribution >= 4 is 17.6 Å². The molecule has 0 aliphatic heterocycles. The Labute approximate surface area is 172 Å². The van der Waals surface area contributed by atoms with E-state index in [0.717, 1.165) is 18.0 Å². The molecule has 1 aliphatic carbocycles. The van der Waals surface area contributed by atoms with Crippen molar-refractivity contribution in [2.24, 2.45) is 0 Å². The van der Waals surface area contributed by atoms with Gasteiger partial charge < -0.3 is 15.3 Å². The number of aliphatic carboxylic acids is 1. The lowest BCUT2D eigenvalue weighted by Crippen LogP contribution is -2.26. The molecule has 0 unspecified atom stereocenters. The molecule has 2 aromatic carbocycles. The molecule has 2 N–H and O–H groups in total. The van der Waals surface area contributed by atoms with Crippen molar-refractivity contribution in [2.45, 2.75) is 51.0 Å². The van der Waals surface area contributed by atoms with Gasteiger partial charge in [-0.15, -0.1) is 0 Å². The van der Waals surface area contributed by atoms with E-state index in [1.165, 1.54) is 43.4 Å². The number of nitrogens with zero attached hydrogens (tertiary/aromatic N) is 1. The van der Waals surface area contributed by atoms with Gasteiger partial charge in [-0.3, -0.25) is 9.59 Å². The highest BCUT2D eigenvalue weighted by molar-refractivity contribution is 5.94. The highest BCUT2D eigenvalue weighted by atomic mass is 16.4. The second-order valence-electron chi connectivity index (χ2n) is 7.88. The fourth-order valence-corrected chi connectivity index (χ4v) is 3.95. The normalized spacial score (nSPS) is 14.4. The van der Waals surface area contributed by atoms with Crippen LogP contribution in [0.25, 0.3) is 0 Å². The van der Waals surface area contributed by atoms with E-state index in [1.54, 1.807) is 12.1 Å². The molecule has 0 radical (unpaired) electrons. The predicted octanol–water partition coefficient (Wildman–Crippen LogP) is 4.58. The van der Waals surface area contributed by atoms with Crippen LogP contribution in [0.1, 0.15) is 65.9 Å². The Morgan fingerprint density at radius 1 is 1.00 bits per heavy atom. The van der Waals surface area contributed by atoms with Gasteiger partial charge in [-0.05, 0) is 54.2 Å². The van der Waals surface area contributed by atoms with E-state index < -0.39 is 5.97 Å². The third kappa shape index (κ3) is 6.08. The maximum atomic E-state index is 12.0. The predicted molar refractivity (Wildman–Crippen MR) is 115 cm³/mol. The molecule has 0 bridgehead atoms. The zero-order chi connectivity index (χ0) is 20.6. The quantitative estimate of drug-likeness (QED) is 0.688. The van der Waals surface area contributed by atoms with E-state index >= 15 is 0 Å². The molecule has 3 rings (SSSR count). The van der Waals surface area contributed by atoms with E-state index in [9.17, 15) is 9.59 Å². The largest absolute Gasteiger partial charge is 0.481 e. The van der Waals surface area contributed by atoms with Crippen LogP contribution in [0.15, 0.2) is 48.5 Å². The summed E-state index contributed by atoms with van der Waals surface area (Å²) in [7, 11) is 2.07. The Bertz CT molecular complexity index is 809. The molecular weight excluding hydrogens is 364 g/mol. The van der Waals surface area contributed by atoms with Gasteiger partial charge in [0.25, 0.3) is 5.91 Å². The van der Waals surface area contributed by atoms with Gasteiger partial charge in [0.2, 0.25) is 0 Å². The lowest BCUT2D eigenvalue weighted by Gasteiger charge is -2.24. The summed E-state index contributed by atoms with van der Waals surface area (Å²) in [6.07, 6.45) is 6.62. The van der Waals surface area contributed by atoms with Crippen molar-refractivity contribution in [1.29, 1.82) is 0 Å². The fraction of sp³-hybridized carbons (Fsp3) is 0.417. The minimum atomic E-state index is -0.921. The van der Waals surface area contributed by atoms with Gasteiger partial charge in [-0.25, -0.2) is 0 Å². The monoisotopic (exact) mass is 394 g/mol. The van der Waals surface area contributed by atoms with E-state index in [2.05, 4.69) is 41.5 Å². The Morgan fingerprint density at radius 3 is 2.28 bits per heavy atom. The smallest absolute Gasteiger partial charge is 0.305 e. The Kier molecular flexibility index (Phi) is 7.28. The van der Waals surface area contributed by atoms with Crippen LogP contribution < -0.4 is 10.2 Å². The SMILES string of the molecule is CN(Cc1ccc(C(=O)NCCC(=O)O)cc1)c1ccc(C2CCCCC2)cc1. The van der Waals surface area contributed by atoms with Crippen LogP contribution in [0.5, 0.6) is 0 Å². The molecule has 2 aromatic rings. The third-order valence-corrected chi connectivity index (χ3v) is 5.67. The summed E-state index contributed by atoms with van der Waals surface area (Å²) in [5.74, 6) is -0.447. The average molecular weight is 395 g/mol. The first-order valence-electron chi connectivity index (χ1n) is 10.4. The highest BCUT2D eigenvalue weighted by Crippen LogP contribution is 2.33. The topological polar surface area (TPSA) is 69.6 Å². The van der Waals surface area contributed by atoms with Gasteiger partial charge in [-0.1, -0.05) is 43.5 Å². The number of nitrogens with one attached hydrogen (secondary N) is 1. The second-order valence-corrected chi connectivity index (χ2v) is 7.88. The maximum Gasteiger partial charge on any atom is 0.305 e. The molecule has 0 aromatic heterocycles. The number of anilines is 1. The zero-order valence-electron chi connectivity index (χ0n) is 17.1. The first-order valence-corrected chi connectivity index (χ1v) is 10.4. The maximum absolute atomic E-state index is 12.0. The van der Waals surface area contributed by atoms with Crippen molar-refractivity contribution in [2.75, 3.05) is 18.5 Å². The number of carbonyl (C=O) groups excluding carboxylic acids is 1. The van der Waals surface area contributed by atoms with Gasteiger partial charge >= 0.3 is 5.97 Å². The average Bonchev–Trinajstić information content (AvgIpc) is 2.74. The van der Waals surface area contributed by atoms with Crippen molar-refractivity contribution in [3.63, 3.8) is 0 Å². The third-order valence-electron chi connectivity index (χ3n) is 5.67. The van der Waals surface area contributed by atoms with Crippen LogP contribution in [-0.4, -0.2) is 30.6 Å². The molecule has 29 heavy (non-hydrogen) atoms. The first-order chi connectivity index (χ1) is 14.0. The van der Waals surface area contributed by atoms with Gasteiger partial charge in [0.15, 0.2) is 0 Å². The molecule has 1 aliphatic rings. The van der Waals surface area contributed by atoms with E-state index in [0.29, 0.717) is 5.56 Å². The van der Waals surface area contributed by atoms with E-state index in [4.69, 9.17) is 5.11 Å². The molecule has 0 atom stereocenters. The number of hydrogen-bond acceptors (Lipinski definition) is 3. The molecular formula is C24H30N2O3. The van der Waals surface area contributed by atoms with Crippen LogP contribution in [0.2, 0.25) is 0 Å². The molecule has 5 nitrogen and oxygen atoms in total. The Hall–Kier alpha value is -2.82. The Morgan fingerprint density at radius 2 is 1.66 bits per heavy atom. The summed E-state index contributed by atoms with van der Waals surface area (Å²) in [5.41, 5.74) is 4.30. The number of carbonyl (C=O) groups is 2. The standard InChI is InChI=1S/C24H30N2O3/c1-26(22-13-11-20(12-14-22)19-5-3-2-4-6-19)17-18-7-9-21(10-8-18)24(29)25-16-15-23(27)28/h7-14,19H,2-6,15-17H2,1H3,(H,25,29)(H,27,28). The van der Waals surface area contributed by atoms with Gasteiger partial charge in [0.1, 0.15) is 0 Å². The van der Waals surface area contributed by atoms with Crippen LogP contribution >= 0.6 is 0 Å². The minimum absolute atomic E-state index is 0.0752. The molecule has 1 fully saturated rings. The van der Waals surface area contributed by atoms with Gasteiger partial charge in [0.05, 0.1) is 6.42 Å². The number of amides is 1. The lowest BCUT2D eigenvalue weighted by molar-refractivity contribution is -0.136. The van der Waals surface area contributed by atoms with Crippen LogP contribution in [0.4, 0.5) is 5.69 Å². The van der Waals surface area contributed by atoms with Crippen molar-refractivity contribution < 1.29 is 14.7 Å².